The van der Waals surface area contributed by atoms with Crippen molar-refractivity contribution in [3.63, 3.8) is 0 Å². The van der Waals surface area contributed by atoms with Gasteiger partial charge in [-0.05, 0) is 48.6 Å². The van der Waals surface area contributed by atoms with Crippen LogP contribution in [-0.2, 0) is 4.79 Å². The molecule has 0 aliphatic carbocycles. The van der Waals surface area contributed by atoms with Gasteiger partial charge in [0.1, 0.15) is 0 Å². The highest BCUT2D eigenvalue weighted by molar-refractivity contribution is 7.10. The second-order valence-electron chi connectivity index (χ2n) is 5.77. The Kier molecular flexibility index (Phi) is 5.53. The third kappa shape index (κ3) is 3.97. The number of amides is 2. The lowest BCUT2D eigenvalue weighted by atomic mass is 10.2. The van der Waals surface area contributed by atoms with Crippen LogP contribution in [0.5, 0.6) is 0 Å². The average molecular weight is 363 g/mol. The van der Waals surface area contributed by atoms with E-state index in [4.69, 9.17) is 11.6 Å². The minimum atomic E-state index is -0.185. The van der Waals surface area contributed by atoms with Gasteiger partial charge in [0.2, 0.25) is 5.91 Å². The standard InChI is InChI=1S/C18H19ClN2O2S/c19-14-7-5-13(6-8-14)18(23)20-10-9-17(22)21-11-1-3-15(21)16-4-2-12-24-16/h2,4-8,12,15H,1,3,9-11H2,(H,20,23). The molecule has 6 heteroatoms. The fraction of sp³-hybridized carbons (Fsp3) is 0.333. The van der Waals surface area contributed by atoms with Gasteiger partial charge in [0.05, 0.1) is 6.04 Å². The first-order valence-corrected chi connectivity index (χ1v) is 9.27. The Bertz CT molecular complexity index is 700. The van der Waals surface area contributed by atoms with Crippen LogP contribution in [0.4, 0.5) is 0 Å². The molecule has 1 unspecified atom stereocenters. The number of hydrogen-bond donors (Lipinski definition) is 1. The van der Waals surface area contributed by atoms with Crippen LogP contribution in [0, 0.1) is 0 Å². The molecule has 2 heterocycles. The number of halogens is 1. The molecule has 1 aliphatic heterocycles. The third-order valence-corrected chi connectivity index (χ3v) is 5.40. The van der Waals surface area contributed by atoms with Crippen LogP contribution in [0.2, 0.25) is 5.02 Å². The minimum absolute atomic E-state index is 0.0994. The molecular weight excluding hydrogens is 344 g/mol. The van der Waals surface area contributed by atoms with Crippen LogP contribution in [0.1, 0.15) is 40.5 Å². The molecule has 3 rings (SSSR count). The molecule has 1 fully saturated rings. The monoisotopic (exact) mass is 362 g/mol. The van der Waals surface area contributed by atoms with Crippen LogP contribution in [0.3, 0.4) is 0 Å². The number of nitrogens with zero attached hydrogens (tertiary/aromatic N) is 1. The summed E-state index contributed by atoms with van der Waals surface area (Å²) in [7, 11) is 0. The lowest BCUT2D eigenvalue weighted by Crippen LogP contribution is -2.34. The zero-order valence-corrected chi connectivity index (χ0v) is 14.8. The summed E-state index contributed by atoms with van der Waals surface area (Å²) < 4.78 is 0. The molecule has 1 aromatic carbocycles. The van der Waals surface area contributed by atoms with Gasteiger partial charge in [-0.25, -0.2) is 0 Å². The van der Waals surface area contributed by atoms with E-state index >= 15 is 0 Å². The summed E-state index contributed by atoms with van der Waals surface area (Å²) >= 11 is 7.50. The second kappa shape index (κ2) is 7.81. The maximum absolute atomic E-state index is 12.5. The smallest absolute Gasteiger partial charge is 0.251 e. The number of carbonyl (C=O) groups excluding carboxylic acids is 2. The van der Waals surface area contributed by atoms with Crippen LogP contribution in [0.25, 0.3) is 0 Å². The van der Waals surface area contributed by atoms with E-state index in [1.165, 1.54) is 4.88 Å². The van der Waals surface area contributed by atoms with Crippen molar-refractivity contribution in [2.45, 2.75) is 25.3 Å². The van der Waals surface area contributed by atoms with Crippen LogP contribution < -0.4 is 5.32 Å². The molecule has 1 saturated heterocycles. The van der Waals surface area contributed by atoms with Crippen molar-refractivity contribution >= 4 is 34.8 Å². The number of hydrogen-bond acceptors (Lipinski definition) is 3. The fourth-order valence-corrected chi connectivity index (χ4v) is 3.97. The first kappa shape index (κ1) is 17.0. The van der Waals surface area contributed by atoms with E-state index in [0.717, 1.165) is 19.4 Å². The molecule has 1 atom stereocenters. The predicted molar refractivity (Wildman–Crippen MR) is 96.4 cm³/mol. The van der Waals surface area contributed by atoms with Gasteiger partial charge in [0.25, 0.3) is 5.91 Å². The van der Waals surface area contributed by atoms with Gasteiger partial charge >= 0.3 is 0 Å². The number of likely N-dealkylation sites (tertiary alicyclic amines) is 1. The van der Waals surface area contributed by atoms with Crippen LogP contribution in [0.15, 0.2) is 41.8 Å². The number of thiophene rings is 1. The summed E-state index contributed by atoms with van der Waals surface area (Å²) in [6.07, 6.45) is 2.37. The molecule has 1 aromatic heterocycles. The average Bonchev–Trinajstić information content (AvgIpc) is 3.26. The quantitative estimate of drug-likeness (QED) is 0.877. The first-order chi connectivity index (χ1) is 11.6. The molecule has 126 valence electrons. The van der Waals surface area contributed by atoms with Gasteiger partial charge < -0.3 is 10.2 Å². The normalized spacial score (nSPS) is 17.0. The number of benzene rings is 1. The van der Waals surface area contributed by atoms with Crippen molar-refractivity contribution < 1.29 is 9.59 Å². The Hall–Kier alpha value is -1.85. The van der Waals surface area contributed by atoms with Crippen molar-refractivity contribution in [2.75, 3.05) is 13.1 Å². The van der Waals surface area contributed by atoms with E-state index in [2.05, 4.69) is 11.4 Å². The van der Waals surface area contributed by atoms with Gasteiger partial charge in [0.15, 0.2) is 0 Å². The topological polar surface area (TPSA) is 49.4 Å². The summed E-state index contributed by atoms with van der Waals surface area (Å²) in [5.41, 5.74) is 0.546. The van der Waals surface area contributed by atoms with Crippen molar-refractivity contribution in [3.8, 4) is 0 Å². The van der Waals surface area contributed by atoms with Gasteiger partial charge in [0, 0.05) is 35.0 Å². The summed E-state index contributed by atoms with van der Waals surface area (Å²) in [6, 6.07) is 11.0. The van der Waals surface area contributed by atoms with Gasteiger partial charge in [-0.2, -0.15) is 0 Å². The third-order valence-electron chi connectivity index (χ3n) is 4.18. The minimum Gasteiger partial charge on any atom is -0.352 e. The van der Waals surface area contributed by atoms with Crippen molar-refractivity contribution in [2.24, 2.45) is 0 Å². The zero-order chi connectivity index (χ0) is 16.9. The summed E-state index contributed by atoms with van der Waals surface area (Å²) in [4.78, 5) is 27.7. The van der Waals surface area contributed by atoms with Crippen molar-refractivity contribution in [1.82, 2.24) is 10.2 Å². The number of carbonyl (C=O) groups is 2. The molecule has 1 N–H and O–H groups in total. The van der Waals surface area contributed by atoms with E-state index < -0.39 is 0 Å². The van der Waals surface area contributed by atoms with Gasteiger partial charge in [-0.1, -0.05) is 17.7 Å². The lowest BCUT2D eigenvalue weighted by molar-refractivity contribution is -0.131. The van der Waals surface area contributed by atoms with Gasteiger partial charge in [-0.3, -0.25) is 9.59 Å². The molecule has 4 nitrogen and oxygen atoms in total. The first-order valence-electron chi connectivity index (χ1n) is 8.02. The van der Waals surface area contributed by atoms with E-state index in [-0.39, 0.29) is 17.9 Å². The molecule has 0 bridgehead atoms. The Balaban J connectivity index is 1.50. The zero-order valence-electron chi connectivity index (χ0n) is 13.2. The Morgan fingerprint density at radius 3 is 2.75 bits per heavy atom. The summed E-state index contributed by atoms with van der Waals surface area (Å²) in [6.45, 7) is 1.14. The van der Waals surface area contributed by atoms with Crippen molar-refractivity contribution in [1.29, 1.82) is 0 Å². The van der Waals surface area contributed by atoms with Crippen LogP contribution >= 0.6 is 22.9 Å². The molecule has 1 aliphatic rings. The number of rotatable bonds is 5. The lowest BCUT2D eigenvalue weighted by Gasteiger charge is -2.24. The molecule has 2 amide bonds. The van der Waals surface area contributed by atoms with Crippen molar-refractivity contribution in [3.05, 3.63) is 57.2 Å². The van der Waals surface area contributed by atoms with E-state index in [1.54, 1.807) is 35.6 Å². The maximum Gasteiger partial charge on any atom is 0.251 e. The summed E-state index contributed by atoms with van der Waals surface area (Å²) in [5, 5.41) is 5.43. The highest BCUT2D eigenvalue weighted by Crippen LogP contribution is 2.34. The van der Waals surface area contributed by atoms with Gasteiger partial charge in [-0.15, -0.1) is 11.3 Å². The second-order valence-corrected chi connectivity index (χ2v) is 7.19. The summed E-state index contributed by atoms with van der Waals surface area (Å²) in [5.74, 6) is -0.0852. The maximum atomic E-state index is 12.5. The molecule has 0 saturated carbocycles. The largest absolute Gasteiger partial charge is 0.352 e. The molecule has 0 spiro atoms. The highest BCUT2D eigenvalue weighted by atomic mass is 35.5. The molecule has 2 aromatic rings. The van der Waals surface area contributed by atoms with E-state index in [0.29, 0.717) is 23.6 Å². The Labute approximate surface area is 150 Å². The fourth-order valence-electron chi connectivity index (χ4n) is 2.97. The van der Waals surface area contributed by atoms with E-state index in [1.807, 2.05) is 16.3 Å². The molecule has 0 radical (unpaired) electrons. The Morgan fingerprint density at radius 2 is 2.04 bits per heavy atom. The number of nitrogens with one attached hydrogen (secondary N) is 1. The Morgan fingerprint density at radius 1 is 1.25 bits per heavy atom. The molecule has 24 heavy (non-hydrogen) atoms. The molecular formula is C18H19ClN2O2S. The van der Waals surface area contributed by atoms with E-state index in [9.17, 15) is 9.59 Å². The van der Waals surface area contributed by atoms with Crippen LogP contribution in [-0.4, -0.2) is 29.8 Å². The highest BCUT2D eigenvalue weighted by Gasteiger charge is 2.30. The predicted octanol–water partition coefficient (Wildman–Crippen LogP) is 3.89. The SMILES string of the molecule is O=C(NCCC(=O)N1CCCC1c1cccs1)c1ccc(Cl)cc1.